The van der Waals surface area contributed by atoms with Gasteiger partial charge in [-0.25, -0.2) is 26.3 Å². The van der Waals surface area contributed by atoms with Gasteiger partial charge in [0.2, 0.25) is 20.0 Å². The average Bonchev–Trinajstić information content (AvgIpc) is 2.89. The van der Waals surface area contributed by atoms with Crippen LogP contribution < -0.4 is 14.8 Å². The minimum absolute atomic E-state index is 0.00281. The van der Waals surface area contributed by atoms with E-state index < -0.39 is 20.0 Å². The third-order valence-electron chi connectivity index (χ3n) is 4.10. The van der Waals surface area contributed by atoms with Gasteiger partial charge in [0.1, 0.15) is 0 Å². The summed E-state index contributed by atoms with van der Waals surface area (Å²) in [5, 5.41) is 3.20. The molecule has 7 nitrogen and oxygen atoms in total. The van der Waals surface area contributed by atoms with Crippen molar-refractivity contribution in [1.29, 1.82) is 0 Å². The SMILES string of the molecule is CNS(=O)(=O)c1ccc(S(=O)(=O)NC2C3CNCC32)cc1. The number of hydrogen-bond acceptors (Lipinski definition) is 5. The molecule has 1 aromatic rings. The van der Waals surface area contributed by atoms with Gasteiger partial charge in [-0.15, -0.1) is 0 Å². The molecule has 1 aliphatic heterocycles. The normalized spacial score (nSPS) is 28.3. The van der Waals surface area contributed by atoms with Crippen molar-refractivity contribution in [3.05, 3.63) is 24.3 Å². The van der Waals surface area contributed by atoms with Gasteiger partial charge < -0.3 is 5.32 Å². The van der Waals surface area contributed by atoms with E-state index in [0.717, 1.165) is 13.1 Å². The monoisotopic (exact) mass is 331 g/mol. The van der Waals surface area contributed by atoms with Gasteiger partial charge in [0, 0.05) is 6.04 Å². The first-order valence-electron chi connectivity index (χ1n) is 6.62. The second kappa shape index (κ2) is 5.03. The van der Waals surface area contributed by atoms with Crippen molar-refractivity contribution >= 4 is 20.0 Å². The van der Waals surface area contributed by atoms with Gasteiger partial charge in [0.05, 0.1) is 9.79 Å². The second-order valence-corrected chi connectivity index (χ2v) is 8.91. The average molecular weight is 331 g/mol. The smallest absolute Gasteiger partial charge is 0.240 e. The van der Waals surface area contributed by atoms with E-state index in [1.807, 2.05) is 0 Å². The number of piperidine rings is 1. The van der Waals surface area contributed by atoms with Crippen LogP contribution in [0.4, 0.5) is 0 Å². The summed E-state index contributed by atoms with van der Waals surface area (Å²) in [6.45, 7) is 1.69. The fourth-order valence-electron chi connectivity index (χ4n) is 2.76. The molecule has 1 saturated carbocycles. The molecule has 0 bridgehead atoms. The molecule has 1 heterocycles. The zero-order chi connectivity index (χ0) is 15.3. The Balaban J connectivity index is 1.77. The van der Waals surface area contributed by atoms with Crippen LogP contribution in [0.25, 0.3) is 0 Å². The van der Waals surface area contributed by atoms with Crippen LogP contribution in [0.3, 0.4) is 0 Å². The van der Waals surface area contributed by atoms with E-state index in [1.54, 1.807) is 0 Å². The van der Waals surface area contributed by atoms with Crippen LogP contribution in [0, 0.1) is 11.8 Å². The van der Waals surface area contributed by atoms with Gasteiger partial charge >= 0.3 is 0 Å². The molecule has 1 aromatic carbocycles. The lowest BCUT2D eigenvalue weighted by atomic mass is 10.4. The van der Waals surface area contributed by atoms with Crippen molar-refractivity contribution in [2.75, 3.05) is 20.1 Å². The van der Waals surface area contributed by atoms with E-state index in [9.17, 15) is 16.8 Å². The summed E-state index contributed by atoms with van der Waals surface area (Å²) in [5.41, 5.74) is 0. The van der Waals surface area contributed by atoms with E-state index in [2.05, 4.69) is 14.8 Å². The van der Waals surface area contributed by atoms with Crippen LogP contribution in [0.2, 0.25) is 0 Å². The van der Waals surface area contributed by atoms with Gasteiger partial charge in [-0.3, -0.25) is 0 Å². The van der Waals surface area contributed by atoms with Gasteiger partial charge in [0.25, 0.3) is 0 Å². The van der Waals surface area contributed by atoms with E-state index in [0.29, 0.717) is 11.8 Å². The predicted molar refractivity (Wildman–Crippen MR) is 76.6 cm³/mol. The molecular formula is C12H17N3O4S2. The first kappa shape index (κ1) is 14.9. The molecular weight excluding hydrogens is 314 g/mol. The molecule has 9 heteroatoms. The lowest BCUT2D eigenvalue weighted by Gasteiger charge is -2.09. The van der Waals surface area contributed by atoms with Gasteiger partial charge in [0.15, 0.2) is 0 Å². The Labute approximate surface area is 124 Å². The maximum Gasteiger partial charge on any atom is 0.240 e. The first-order valence-corrected chi connectivity index (χ1v) is 9.58. The summed E-state index contributed by atoms with van der Waals surface area (Å²) < 4.78 is 52.6. The summed E-state index contributed by atoms with van der Waals surface area (Å²) in [6.07, 6.45) is 0. The molecule has 2 aliphatic rings. The highest BCUT2D eigenvalue weighted by Gasteiger charge is 2.54. The summed E-state index contributed by atoms with van der Waals surface area (Å²) >= 11 is 0. The van der Waals surface area contributed by atoms with Gasteiger partial charge in [-0.05, 0) is 56.2 Å². The number of rotatable bonds is 5. The number of nitrogens with one attached hydrogen (secondary N) is 3. The lowest BCUT2D eigenvalue weighted by molar-refractivity contribution is 0.564. The molecule has 2 fully saturated rings. The maximum absolute atomic E-state index is 12.2. The van der Waals surface area contributed by atoms with Crippen molar-refractivity contribution < 1.29 is 16.8 Å². The molecule has 116 valence electrons. The quantitative estimate of drug-likeness (QED) is 0.648. The van der Waals surface area contributed by atoms with E-state index in [-0.39, 0.29) is 15.8 Å². The van der Waals surface area contributed by atoms with Crippen molar-refractivity contribution in [3.63, 3.8) is 0 Å². The van der Waals surface area contributed by atoms with Crippen LogP contribution in [0.15, 0.2) is 34.1 Å². The molecule has 0 radical (unpaired) electrons. The van der Waals surface area contributed by atoms with Gasteiger partial charge in [-0.2, -0.15) is 0 Å². The largest absolute Gasteiger partial charge is 0.316 e. The zero-order valence-corrected chi connectivity index (χ0v) is 13.0. The van der Waals surface area contributed by atoms with Crippen molar-refractivity contribution in [2.45, 2.75) is 15.8 Å². The Morgan fingerprint density at radius 1 is 0.952 bits per heavy atom. The molecule has 1 saturated heterocycles. The third-order valence-corrected chi connectivity index (χ3v) is 7.00. The highest BCUT2D eigenvalue weighted by atomic mass is 32.2. The fourth-order valence-corrected chi connectivity index (χ4v) is 4.82. The third kappa shape index (κ3) is 2.71. The minimum atomic E-state index is -3.60. The number of sulfonamides is 2. The standard InChI is InChI=1S/C12H17N3O4S2/c1-13-20(16,17)8-2-4-9(5-3-8)21(18,19)15-12-10-6-14-7-11(10)12/h2-5,10-15H,6-7H2,1H3. The molecule has 0 spiro atoms. The van der Waals surface area contributed by atoms with Crippen molar-refractivity contribution in [2.24, 2.45) is 11.8 Å². The molecule has 1 aliphatic carbocycles. The van der Waals surface area contributed by atoms with Crippen LogP contribution in [0.1, 0.15) is 0 Å². The second-order valence-electron chi connectivity index (χ2n) is 5.31. The van der Waals surface area contributed by atoms with Crippen molar-refractivity contribution in [3.8, 4) is 0 Å². The fraction of sp³-hybridized carbons (Fsp3) is 0.500. The first-order chi connectivity index (χ1) is 9.85. The number of benzene rings is 1. The van der Waals surface area contributed by atoms with Crippen molar-refractivity contribution in [1.82, 2.24) is 14.8 Å². The molecule has 2 atom stereocenters. The predicted octanol–water partition coefficient (Wildman–Crippen LogP) is -0.909. The molecule has 3 rings (SSSR count). The Kier molecular flexibility index (Phi) is 3.57. The van der Waals surface area contributed by atoms with Crippen LogP contribution in [-0.2, 0) is 20.0 Å². The Morgan fingerprint density at radius 3 is 1.90 bits per heavy atom. The zero-order valence-electron chi connectivity index (χ0n) is 11.4. The van der Waals surface area contributed by atoms with E-state index >= 15 is 0 Å². The number of hydrogen-bond donors (Lipinski definition) is 3. The number of fused-ring (bicyclic) bond motifs is 1. The lowest BCUT2D eigenvalue weighted by Crippen LogP contribution is -2.32. The minimum Gasteiger partial charge on any atom is -0.316 e. The van der Waals surface area contributed by atoms with Crippen LogP contribution >= 0.6 is 0 Å². The highest BCUT2D eigenvalue weighted by molar-refractivity contribution is 7.90. The van der Waals surface area contributed by atoms with E-state index in [1.165, 1.54) is 31.3 Å². The molecule has 0 aromatic heterocycles. The molecule has 2 unspecified atom stereocenters. The van der Waals surface area contributed by atoms with Gasteiger partial charge in [-0.1, -0.05) is 0 Å². The van der Waals surface area contributed by atoms with Crippen LogP contribution in [0.5, 0.6) is 0 Å². The maximum atomic E-state index is 12.2. The summed E-state index contributed by atoms with van der Waals surface area (Å²) in [6, 6.07) is 5.19. The Hall–Kier alpha value is -1.00. The highest BCUT2D eigenvalue weighted by Crippen LogP contribution is 2.42. The summed E-state index contributed by atoms with van der Waals surface area (Å²) in [5.74, 6) is 0.757. The molecule has 21 heavy (non-hydrogen) atoms. The molecule has 0 amide bonds. The van der Waals surface area contributed by atoms with E-state index in [4.69, 9.17) is 0 Å². The van der Waals surface area contributed by atoms with Crippen LogP contribution in [-0.4, -0.2) is 43.0 Å². The Bertz CT molecular complexity index is 733. The Morgan fingerprint density at radius 2 is 1.43 bits per heavy atom. The topological polar surface area (TPSA) is 104 Å². The summed E-state index contributed by atoms with van der Waals surface area (Å²) in [4.78, 5) is 0.118. The molecule has 3 N–H and O–H groups in total. The summed E-state index contributed by atoms with van der Waals surface area (Å²) in [7, 11) is -5.85.